The van der Waals surface area contributed by atoms with E-state index in [1.165, 1.54) is 6.33 Å². The Labute approximate surface area is 171 Å². The predicted molar refractivity (Wildman–Crippen MR) is 110 cm³/mol. The number of benzene rings is 1. The number of quaternary nitrogens is 1. The van der Waals surface area contributed by atoms with Crippen molar-refractivity contribution in [3.63, 3.8) is 0 Å². The molecule has 146 valence electrons. The Kier molecular flexibility index (Phi) is 5.46. The molecule has 2 aromatic heterocycles. The van der Waals surface area contributed by atoms with Crippen molar-refractivity contribution in [1.82, 2.24) is 20.2 Å². The third-order valence-corrected chi connectivity index (χ3v) is 4.84. The predicted octanol–water partition coefficient (Wildman–Crippen LogP) is 2.51. The number of aromatic nitrogens is 4. The van der Waals surface area contributed by atoms with Crippen LogP contribution in [0.5, 0.6) is 0 Å². The Morgan fingerprint density at radius 2 is 2.10 bits per heavy atom. The first-order valence-electron chi connectivity index (χ1n) is 9.13. The zero-order valence-electron chi connectivity index (χ0n) is 15.4. The van der Waals surface area contributed by atoms with Crippen molar-refractivity contribution >= 4 is 40.3 Å². The fourth-order valence-electron chi connectivity index (χ4n) is 2.80. The molecular weight excluding hydrogens is 390 g/mol. The van der Waals surface area contributed by atoms with Crippen molar-refractivity contribution in [2.75, 3.05) is 5.32 Å². The van der Waals surface area contributed by atoms with E-state index >= 15 is 0 Å². The van der Waals surface area contributed by atoms with Gasteiger partial charge in [0.1, 0.15) is 24.0 Å². The van der Waals surface area contributed by atoms with Crippen LogP contribution in [-0.4, -0.2) is 31.8 Å². The standard InChI is InChI=1S/C20H18ClN7O/c21-16-4-2-1-3-14(16)18(22)15(19-25-11-26-28-19)10-24-13-7-8-23-17(9-13)27-20(29)12-5-6-12/h1-4,7-12,22H,5-6H2,(H,25,26,28)(H2,23,24,27,29)/p+1/b15-10+,22-18?. The van der Waals surface area contributed by atoms with Gasteiger partial charge in [-0.25, -0.2) is 9.97 Å². The normalized spacial score (nSPS) is 13.9. The number of pyridine rings is 1. The molecule has 0 saturated heterocycles. The Morgan fingerprint density at radius 1 is 1.28 bits per heavy atom. The van der Waals surface area contributed by atoms with Gasteiger partial charge in [-0.3, -0.25) is 20.6 Å². The van der Waals surface area contributed by atoms with Gasteiger partial charge in [0.15, 0.2) is 5.82 Å². The molecule has 1 saturated carbocycles. The van der Waals surface area contributed by atoms with E-state index in [4.69, 9.17) is 17.0 Å². The van der Waals surface area contributed by atoms with Gasteiger partial charge in [-0.05, 0) is 18.9 Å². The number of carbonyl (C=O) groups is 1. The van der Waals surface area contributed by atoms with Crippen LogP contribution < -0.4 is 10.6 Å². The minimum absolute atomic E-state index is 0.00744. The second-order valence-electron chi connectivity index (χ2n) is 6.67. The highest BCUT2D eigenvalue weighted by Gasteiger charge is 2.29. The van der Waals surface area contributed by atoms with Gasteiger partial charge in [-0.15, -0.1) is 0 Å². The summed E-state index contributed by atoms with van der Waals surface area (Å²) in [5.41, 5.74) is 2.18. The van der Waals surface area contributed by atoms with E-state index in [2.05, 4.69) is 25.5 Å². The van der Waals surface area contributed by atoms with Crippen LogP contribution in [0.25, 0.3) is 5.57 Å². The average molecular weight is 409 g/mol. The lowest BCUT2D eigenvalue weighted by Gasteiger charge is -2.08. The van der Waals surface area contributed by atoms with E-state index in [9.17, 15) is 4.79 Å². The molecular formula is C20H19ClN7O+. The molecule has 1 aromatic carbocycles. The fourth-order valence-corrected chi connectivity index (χ4v) is 3.03. The Bertz CT molecular complexity index is 1070. The van der Waals surface area contributed by atoms with Gasteiger partial charge in [0.05, 0.1) is 11.3 Å². The molecule has 0 aliphatic heterocycles. The van der Waals surface area contributed by atoms with Crippen molar-refractivity contribution in [2.24, 2.45) is 5.92 Å². The quantitative estimate of drug-likeness (QED) is 0.448. The first-order chi connectivity index (χ1) is 14.1. The average Bonchev–Trinajstić information content (AvgIpc) is 3.45. The number of nitrogens with two attached hydrogens (primary N) is 1. The number of aromatic amines is 1. The monoisotopic (exact) mass is 408 g/mol. The van der Waals surface area contributed by atoms with Gasteiger partial charge >= 0.3 is 0 Å². The summed E-state index contributed by atoms with van der Waals surface area (Å²) in [5.74, 6) is 1.08. The summed E-state index contributed by atoms with van der Waals surface area (Å²) in [5, 5.41) is 20.5. The first-order valence-corrected chi connectivity index (χ1v) is 9.51. The van der Waals surface area contributed by atoms with Gasteiger partial charge in [0.2, 0.25) is 5.91 Å². The van der Waals surface area contributed by atoms with Crippen LogP contribution in [0.15, 0.2) is 55.1 Å². The minimum Gasteiger partial charge on any atom is -0.310 e. The van der Waals surface area contributed by atoms with Gasteiger partial charge < -0.3 is 5.32 Å². The minimum atomic E-state index is 0.00744. The molecule has 1 aliphatic carbocycles. The van der Waals surface area contributed by atoms with Crippen molar-refractivity contribution < 1.29 is 10.1 Å². The molecule has 5 N–H and O–H groups in total. The number of halogens is 1. The summed E-state index contributed by atoms with van der Waals surface area (Å²) in [6.07, 6.45) is 6.67. The zero-order chi connectivity index (χ0) is 20.2. The maximum atomic E-state index is 12.0. The largest absolute Gasteiger partial charge is 0.310 e. The van der Waals surface area contributed by atoms with Crippen LogP contribution in [0.4, 0.5) is 11.5 Å². The zero-order valence-corrected chi connectivity index (χ0v) is 16.1. The summed E-state index contributed by atoms with van der Waals surface area (Å²) >= 11 is 6.27. The number of nitrogens with zero attached hydrogens (tertiary/aromatic N) is 3. The topological polar surface area (TPSA) is 124 Å². The molecule has 9 heteroatoms. The number of rotatable bonds is 7. The number of allylic oxidation sites excluding steroid dienone is 1. The summed E-state index contributed by atoms with van der Waals surface area (Å²) < 4.78 is 0. The maximum absolute atomic E-state index is 12.0. The molecule has 1 amide bonds. The number of nitrogens with one attached hydrogen (secondary N) is 3. The highest BCUT2D eigenvalue weighted by Crippen LogP contribution is 2.30. The Hall–Kier alpha value is -3.36. The molecule has 3 aromatic rings. The Balaban J connectivity index is 1.58. The fraction of sp³-hybridized carbons (Fsp3) is 0.150. The molecule has 8 nitrogen and oxygen atoms in total. The lowest BCUT2D eigenvalue weighted by molar-refractivity contribution is -0.495. The van der Waals surface area contributed by atoms with Crippen LogP contribution in [0.3, 0.4) is 0 Å². The van der Waals surface area contributed by atoms with Gasteiger partial charge in [0, 0.05) is 34.8 Å². The number of amides is 1. The van der Waals surface area contributed by atoms with Gasteiger partial charge in [0.25, 0.3) is 0 Å². The van der Waals surface area contributed by atoms with E-state index < -0.39 is 0 Å². The molecule has 0 bridgehead atoms. The smallest absolute Gasteiger partial charge is 0.228 e. The molecule has 0 spiro atoms. The second kappa shape index (κ2) is 8.34. The molecule has 0 radical (unpaired) electrons. The van der Waals surface area contributed by atoms with E-state index in [0.717, 1.165) is 18.5 Å². The Morgan fingerprint density at radius 3 is 2.83 bits per heavy atom. The van der Waals surface area contributed by atoms with Crippen LogP contribution >= 0.6 is 11.6 Å². The number of hydrogen-bond acceptors (Lipinski definition) is 5. The van der Waals surface area contributed by atoms with E-state index in [1.54, 1.807) is 30.6 Å². The lowest BCUT2D eigenvalue weighted by atomic mass is 10.0. The summed E-state index contributed by atoms with van der Waals surface area (Å²) in [6, 6.07) is 10.8. The summed E-state index contributed by atoms with van der Waals surface area (Å²) in [4.78, 5) is 20.3. The molecule has 29 heavy (non-hydrogen) atoms. The highest BCUT2D eigenvalue weighted by molar-refractivity contribution is 6.39. The van der Waals surface area contributed by atoms with Crippen molar-refractivity contribution in [3.05, 3.63) is 71.5 Å². The van der Waals surface area contributed by atoms with Gasteiger partial charge in [-0.2, -0.15) is 5.10 Å². The molecule has 4 rings (SSSR count). The molecule has 0 atom stereocenters. The van der Waals surface area contributed by atoms with Crippen molar-refractivity contribution in [1.29, 1.82) is 5.41 Å². The second-order valence-corrected chi connectivity index (χ2v) is 7.08. The molecule has 2 heterocycles. The first kappa shape index (κ1) is 19.0. The summed E-state index contributed by atoms with van der Waals surface area (Å²) in [7, 11) is 0. The van der Waals surface area contributed by atoms with Crippen LogP contribution in [0, 0.1) is 11.3 Å². The van der Waals surface area contributed by atoms with Crippen LogP contribution in [-0.2, 0) is 4.79 Å². The third kappa shape index (κ3) is 4.56. The maximum Gasteiger partial charge on any atom is 0.228 e. The lowest BCUT2D eigenvalue weighted by Crippen LogP contribution is -2.71. The SMILES string of the molecule is N=C(/C(=C\[NH2+]c1ccnc(NC(=O)C2CC2)c1)c1ncn[nH]1)c1ccccc1Cl. The van der Waals surface area contributed by atoms with E-state index in [0.29, 0.717) is 27.8 Å². The number of anilines is 1. The van der Waals surface area contributed by atoms with E-state index in [1.807, 2.05) is 23.5 Å². The van der Waals surface area contributed by atoms with E-state index in [-0.39, 0.29) is 17.5 Å². The molecule has 0 unspecified atom stereocenters. The van der Waals surface area contributed by atoms with Crippen molar-refractivity contribution in [2.45, 2.75) is 12.8 Å². The summed E-state index contributed by atoms with van der Waals surface area (Å²) in [6.45, 7) is 0. The number of carbonyl (C=O) groups excluding carboxylic acids is 1. The molecule has 1 fully saturated rings. The van der Waals surface area contributed by atoms with Crippen LogP contribution in [0.2, 0.25) is 5.02 Å². The number of H-pyrrole nitrogens is 1. The highest BCUT2D eigenvalue weighted by atomic mass is 35.5. The third-order valence-electron chi connectivity index (χ3n) is 4.51. The number of hydrogen-bond donors (Lipinski definition) is 4. The van der Waals surface area contributed by atoms with Crippen LogP contribution in [0.1, 0.15) is 24.2 Å². The molecule has 1 aliphatic rings. The van der Waals surface area contributed by atoms with Crippen molar-refractivity contribution in [3.8, 4) is 0 Å². The van der Waals surface area contributed by atoms with Gasteiger partial charge in [-0.1, -0.05) is 29.8 Å².